The van der Waals surface area contributed by atoms with E-state index < -0.39 is 0 Å². The van der Waals surface area contributed by atoms with E-state index in [4.69, 9.17) is 4.74 Å². The third-order valence-electron chi connectivity index (χ3n) is 3.35. The Balaban J connectivity index is 1.95. The van der Waals surface area contributed by atoms with Crippen LogP contribution < -0.4 is 9.64 Å². The van der Waals surface area contributed by atoms with Crippen molar-refractivity contribution in [2.45, 2.75) is 6.54 Å². The molecule has 0 saturated carbocycles. The Hall–Kier alpha value is -2.34. The van der Waals surface area contributed by atoms with E-state index in [1.54, 1.807) is 7.11 Å². The monoisotopic (exact) mass is 301 g/mol. The molecule has 1 aromatic carbocycles. The second-order valence-electron chi connectivity index (χ2n) is 4.66. The highest BCUT2D eigenvalue weighted by Crippen LogP contribution is 2.26. The topological polar surface area (TPSA) is 46.8 Å². The van der Waals surface area contributed by atoms with E-state index in [0.717, 1.165) is 22.6 Å². The van der Waals surface area contributed by atoms with Crippen LogP contribution in [0.25, 0.3) is 4.96 Å². The van der Waals surface area contributed by atoms with Gasteiger partial charge in [-0.15, -0.1) is 11.3 Å². The Bertz CT molecular complexity index is 778. The predicted octanol–water partition coefficient (Wildman–Crippen LogP) is 2.85. The van der Waals surface area contributed by atoms with E-state index >= 15 is 0 Å². The minimum atomic E-state index is 0.573. The molecule has 2 heterocycles. The van der Waals surface area contributed by atoms with Crippen molar-refractivity contribution >= 4 is 28.4 Å². The Kier molecular flexibility index (Phi) is 3.62. The molecule has 2 aromatic heterocycles. The molecule has 0 bridgehead atoms. The van der Waals surface area contributed by atoms with Crippen molar-refractivity contribution in [2.24, 2.45) is 0 Å². The van der Waals surface area contributed by atoms with Crippen LogP contribution in [0.4, 0.5) is 5.82 Å². The molecule has 0 unspecified atom stereocenters. The van der Waals surface area contributed by atoms with Gasteiger partial charge in [0.15, 0.2) is 17.1 Å². The molecule has 0 radical (unpaired) electrons. The number of benzene rings is 1. The number of hydrogen-bond acceptors (Lipinski definition) is 5. The lowest BCUT2D eigenvalue weighted by Crippen LogP contribution is -2.18. The maximum Gasteiger partial charge on any atom is 0.196 e. The summed E-state index contributed by atoms with van der Waals surface area (Å²) in [5, 5.41) is 1.92. The van der Waals surface area contributed by atoms with Gasteiger partial charge >= 0.3 is 0 Å². The summed E-state index contributed by atoms with van der Waals surface area (Å²) < 4.78 is 7.17. The van der Waals surface area contributed by atoms with Crippen LogP contribution in [-0.2, 0) is 6.54 Å². The number of carbonyl (C=O) groups is 1. The van der Waals surface area contributed by atoms with Crippen molar-refractivity contribution < 1.29 is 9.53 Å². The minimum Gasteiger partial charge on any atom is -0.496 e. The molecular weight excluding hydrogens is 286 g/mol. The largest absolute Gasteiger partial charge is 0.496 e. The standard InChI is InChI=1S/C15H15N3O2S/c1-17(9-11-5-3-4-6-13(11)20-2)14-12(10-19)18-7-8-21-15(18)16-14/h3-8,10H,9H2,1-2H3. The van der Waals surface area contributed by atoms with Crippen molar-refractivity contribution in [3.63, 3.8) is 0 Å². The van der Waals surface area contributed by atoms with E-state index in [2.05, 4.69) is 4.98 Å². The number of nitrogens with zero attached hydrogens (tertiary/aromatic N) is 3. The maximum absolute atomic E-state index is 11.4. The van der Waals surface area contributed by atoms with Crippen molar-refractivity contribution in [1.29, 1.82) is 0 Å². The van der Waals surface area contributed by atoms with Crippen molar-refractivity contribution in [1.82, 2.24) is 9.38 Å². The maximum atomic E-state index is 11.4. The molecule has 0 aliphatic rings. The van der Waals surface area contributed by atoms with Crippen molar-refractivity contribution in [2.75, 3.05) is 19.1 Å². The summed E-state index contributed by atoms with van der Waals surface area (Å²) >= 11 is 1.51. The third kappa shape index (κ3) is 2.38. The van der Waals surface area contributed by atoms with Gasteiger partial charge in [-0.25, -0.2) is 4.98 Å². The van der Waals surface area contributed by atoms with Crippen LogP contribution in [0.3, 0.4) is 0 Å². The van der Waals surface area contributed by atoms with Crippen LogP contribution in [-0.4, -0.2) is 29.8 Å². The second kappa shape index (κ2) is 5.57. The molecule has 0 aliphatic carbocycles. The predicted molar refractivity (Wildman–Crippen MR) is 83.6 cm³/mol. The van der Waals surface area contributed by atoms with E-state index in [0.29, 0.717) is 18.1 Å². The summed E-state index contributed by atoms with van der Waals surface area (Å²) in [6, 6.07) is 7.84. The molecule has 0 atom stereocenters. The first kappa shape index (κ1) is 13.6. The van der Waals surface area contributed by atoms with Gasteiger partial charge in [0.25, 0.3) is 0 Å². The lowest BCUT2D eigenvalue weighted by molar-refractivity contribution is 0.111. The fourth-order valence-electron chi connectivity index (χ4n) is 2.35. The first-order valence-electron chi connectivity index (χ1n) is 6.48. The van der Waals surface area contributed by atoms with Crippen molar-refractivity contribution in [3.8, 4) is 5.75 Å². The second-order valence-corrected chi connectivity index (χ2v) is 5.54. The average molecular weight is 301 g/mol. The van der Waals surface area contributed by atoms with Gasteiger partial charge in [0, 0.05) is 30.7 Å². The molecule has 6 heteroatoms. The number of hydrogen-bond donors (Lipinski definition) is 0. The molecule has 108 valence electrons. The summed E-state index contributed by atoms with van der Waals surface area (Å²) in [5.41, 5.74) is 1.62. The van der Waals surface area contributed by atoms with E-state index in [1.165, 1.54) is 11.3 Å². The van der Waals surface area contributed by atoms with E-state index in [-0.39, 0.29) is 0 Å². The number of aromatic nitrogens is 2. The SMILES string of the molecule is COc1ccccc1CN(C)c1nc2sccn2c1C=O. The Morgan fingerprint density at radius 1 is 1.43 bits per heavy atom. The zero-order chi connectivity index (χ0) is 14.8. The van der Waals surface area contributed by atoms with Crippen LogP contribution in [0.1, 0.15) is 16.1 Å². The highest BCUT2D eigenvalue weighted by Gasteiger charge is 2.17. The molecule has 0 amide bonds. The molecule has 0 aliphatic heterocycles. The summed E-state index contributed by atoms with van der Waals surface area (Å²) in [7, 11) is 3.58. The molecule has 0 fully saturated rings. The van der Waals surface area contributed by atoms with Gasteiger partial charge in [-0.2, -0.15) is 0 Å². The summed E-state index contributed by atoms with van der Waals surface area (Å²) in [5.74, 6) is 1.51. The van der Waals surface area contributed by atoms with E-state index in [9.17, 15) is 4.79 Å². The summed E-state index contributed by atoms with van der Waals surface area (Å²) in [6.07, 6.45) is 2.71. The van der Waals surface area contributed by atoms with Gasteiger partial charge in [-0.05, 0) is 6.07 Å². The highest BCUT2D eigenvalue weighted by atomic mass is 32.1. The Morgan fingerprint density at radius 2 is 2.24 bits per heavy atom. The number of anilines is 1. The van der Waals surface area contributed by atoms with Gasteiger partial charge in [-0.3, -0.25) is 9.20 Å². The number of imidazole rings is 1. The number of ether oxygens (including phenoxy) is 1. The number of fused-ring (bicyclic) bond motifs is 1. The summed E-state index contributed by atoms with van der Waals surface area (Å²) in [4.78, 5) is 18.7. The van der Waals surface area contributed by atoms with E-state index in [1.807, 2.05) is 52.2 Å². The molecule has 5 nitrogen and oxygen atoms in total. The van der Waals surface area contributed by atoms with Gasteiger partial charge in [0.2, 0.25) is 0 Å². The van der Waals surface area contributed by atoms with Crippen LogP contribution in [0.15, 0.2) is 35.8 Å². The Labute approximate surface area is 126 Å². The molecule has 3 aromatic rings. The molecule has 3 rings (SSSR count). The number of rotatable bonds is 5. The normalized spacial score (nSPS) is 10.8. The minimum absolute atomic E-state index is 0.573. The smallest absolute Gasteiger partial charge is 0.196 e. The number of carbonyl (C=O) groups excluding carboxylic acids is 1. The van der Waals surface area contributed by atoms with Crippen LogP contribution in [0.2, 0.25) is 0 Å². The van der Waals surface area contributed by atoms with Gasteiger partial charge in [0.05, 0.1) is 7.11 Å². The molecule has 0 spiro atoms. The quantitative estimate of drug-likeness (QED) is 0.680. The van der Waals surface area contributed by atoms with Crippen LogP contribution >= 0.6 is 11.3 Å². The zero-order valence-corrected chi connectivity index (χ0v) is 12.6. The molecule has 21 heavy (non-hydrogen) atoms. The fourth-order valence-corrected chi connectivity index (χ4v) is 3.06. The fraction of sp³-hybridized carbons (Fsp3) is 0.200. The number of thiazole rings is 1. The van der Waals surface area contributed by atoms with Gasteiger partial charge in [-0.1, -0.05) is 18.2 Å². The number of methoxy groups -OCH3 is 1. The van der Waals surface area contributed by atoms with Gasteiger partial charge < -0.3 is 9.64 Å². The summed E-state index contributed by atoms with van der Waals surface area (Å²) in [6.45, 7) is 0.621. The van der Waals surface area contributed by atoms with Crippen LogP contribution in [0.5, 0.6) is 5.75 Å². The number of para-hydroxylation sites is 1. The van der Waals surface area contributed by atoms with Crippen molar-refractivity contribution in [3.05, 3.63) is 47.1 Å². The first-order chi connectivity index (χ1) is 10.2. The number of aldehydes is 1. The molecule has 0 saturated heterocycles. The third-order valence-corrected chi connectivity index (χ3v) is 4.11. The molecule has 0 N–H and O–H groups in total. The van der Waals surface area contributed by atoms with Crippen LogP contribution in [0, 0.1) is 0 Å². The Morgan fingerprint density at radius 3 is 3.00 bits per heavy atom. The lowest BCUT2D eigenvalue weighted by atomic mass is 10.2. The molecular formula is C15H15N3O2S. The lowest BCUT2D eigenvalue weighted by Gasteiger charge is -2.18. The van der Waals surface area contributed by atoms with Gasteiger partial charge in [0.1, 0.15) is 11.4 Å². The zero-order valence-electron chi connectivity index (χ0n) is 11.8. The average Bonchev–Trinajstić information content (AvgIpc) is 3.07. The first-order valence-corrected chi connectivity index (χ1v) is 7.36. The highest BCUT2D eigenvalue weighted by molar-refractivity contribution is 7.15.